The maximum atomic E-state index is 13.7. The van der Waals surface area contributed by atoms with Crippen LogP contribution in [0.2, 0.25) is 0 Å². The third-order valence-corrected chi connectivity index (χ3v) is 8.66. The van der Waals surface area contributed by atoms with Crippen LogP contribution in [0.3, 0.4) is 0 Å². The van der Waals surface area contributed by atoms with Crippen LogP contribution < -0.4 is 0 Å². The Hall–Kier alpha value is -0.260. The molecular weight excluding hydrogens is 529 g/mol. The molecule has 4 bridgehead atoms. The van der Waals surface area contributed by atoms with Crippen LogP contribution in [0.5, 0.6) is 0 Å². The van der Waals surface area contributed by atoms with Gasteiger partial charge in [0.1, 0.15) is 9.53 Å². The standard InChI is InChI=1S/C20H27F6IO3/c1-3-16(2,27)15(28)30-14(18(29,19(21,22)23)20(24,25)26)10-17-7-11-4-12(8-17)6-13(5-11)9-17/h11-14,29H,3-10H2,1-2H3. The molecule has 0 spiro atoms. The molecule has 30 heavy (non-hydrogen) atoms. The number of hydrogen-bond donors (Lipinski definition) is 1. The first-order chi connectivity index (χ1) is 13.5. The predicted octanol–water partition coefficient (Wildman–Crippen LogP) is 5.96. The van der Waals surface area contributed by atoms with Crippen molar-refractivity contribution < 1.29 is 41.0 Å². The molecule has 2 unspecified atom stereocenters. The molecule has 0 heterocycles. The first kappa shape index (κ1) is 24.4. The maximum absolute atomic E-state index is 13.7. The molecule has 0 amide bonds. The molecule has 4 aliphatic rings. The number of carbonyl (C=O) groups excluding carboxylic acids is 1. The van der Waals surface area contributed by atoms with Crippen molar-refractivity contribution in [2.75, 3.05) is 0 Å². The van der Waals surface area contributed by atoms with Gasteiger partial charge in [-0.15, -0.1) is 0 Å². The first-order valence-corrected chi connectivity index (χ1v) is 11.4. The summed E-state index contributed by atoms with van der Waals surface area (Å²) in [6, 6.07) is 0. The van der Waals surface area contributed by atoms with Gasteiger partial charge in [0.05, 0.1) is 0 Å². The maximum Gasteiger partial charge on any atom is 0.430 e. The lowest BCUT2D eigenvalue weighted by Crippen LogP contribution is -2.67. The minimum atomic E-state index is -6.04. The summed E-state index contributed by atoms with van der Waals surface area (Å²) in [6.45, 7) is 2.97. The molecule has 0 aromatic carbocycles. The summed E-state index contributed by atoms with van der Waals surface area (Å²) in [5.74, 6) is -0.332. The van der Waals surface area contributed by atoms with Crippen LogP contribution in [0.25, 0.3) is 0 Å². The van der Waals surface area contributed by atoms with Gasteiger partial charge in [0.25, 0.3) is 5.60 Å². The van der Waals surface area contributed by atoms with Crippen molar-refractivity contribution in [3.63, 3.8) is 0 Å². The largest absolute Gasteiger partial charge is 0.458 e. The predicted molar refractivity (Wildman–Crippen MR) is 105 cm³/mol. The second-order valence-corrected chi connectivity index (χ2v) is 12.2. The molecule has 4 saturated carbocycles. The summed E-state index contributed by atoms with van der Waals surface area (Å²) >= 11 is 1.66. The van der Waals surface area contributed by atoms with Gasteiger partial charge in [-0.25, -0.2) is 0 Å². The van der Waals surface area contributed by atoms with Crippen molar-refractivity contribution in [3.8, 4) is 0 Å². The van der Waals surface area contributed by atoms with E-state index in [-0.39, 0.29) is 24.2 Å². The lowest BCUT2D eigenvalue weighted by atomic mass is 9.48. The van der Waals surface area contributed by atoms with Crippen LogP contribution in [0.1, 0.15) is 65.2 Å². The summed E-state index contributed by atoms with van der Waals surface area (Å²) in [7, 11) is 0. The van der Waals surface area contributed by atoms with Crippen molar-refractivity contribution in [2.45, 2.75) is 92.7 Å². The molecule has 4 rings (SSSR count). The zero-order valence-electron chi connectivity index (χ0n) is 16.9. The van der Waals surface area contributed by atoms with E-state index in [2.05, 4.69) is 0 Å². The van der Waals surface area contributed by atoms with Crippen LogP contribution in [-0.4, -0.2) is 38.6 Å². The van der Waals surface area contributed by atoms with Crippen LogP contribution in [0.4, 0.5) is 26.3 Å². The molecule has 0 radical (unpaired) electrons. The van der Waals surface area contributed by atoms with E-state index in [4.69, 9.17) is 4.74 Å². The molecule has 4 fully saturated rings. The summed E-state index contributed by atoms with van der Waals surface area (Å²) < 4.78 is 85.7. The highest BCUT2D eigenvalue weighted by atomic mass is 127. The third-order valence-electron chi connectivity index (χ3n) is 7.45. The quantitative estimate of drug-likeness (QED) is 0.190. The fourth-order valence-electron chi connectivity index (χ4n) is 6.13. The molecular formula is C20H27F6IO3. The van der Waals surface area contributed by atoms with Crippen molar-refractivity contribution in [3.05, 3.63) is 0 Å². The van der Waals surface area contributed by atoms with E-state index in [1.165, 1.54) is 6.92 Å². The topological polar surface area (TPSA) is 46.5 Å². The summed E-state index contributed by atoms with van der Waals surface area (Å²) in [5.41, 5.74) is -5.88. The first-order valence-electron chi connectivity index (χ1n) is 10.3. The Bertz CT molecular complexity index is 623. The molecule has 4 aliphatic carbocycles. The Morgan fingerprint density at radius 3 is 1.77 bits per heavy atom. The zero-order valence-corrected chi connectivity index (χ0v) is 19.0. The Morgan fingerprint density at radius 2 is 1.43 bits per heavy atom. The molecule has 3 nitrogen and oxygen atoms in total. The number of rotatable bonds is 6. The summed E-state index contributed by atoms with van der Waals surface area (Å²) in [4.78, 5) is 12.5. The number of ether oxygens (including phenoxy) is 1. The molecule has 0 aromatic rings. The van der Waals surface area contributed by atoms with Gasteiger partial charge in [0.2, 0.25) is 0 Å². The monoisotopic (exact) mass is 556 g/mol. The molecule has 1 N–H and O–H groups in total. The number of esters is 1. The Morgan fingerprint density at radius 1 is 1.03 bits per heavy atom. The SMILES string of the molecule is CCC(C)(I)C(=O)OC(CC12CC3CC(CC(C3)C1)C2)C(O)(C(F)(F)F)C(F)(F)F. The smallest absolute Gasteiger partial charge is 0.430 e. The van der Waals surface area contributed by atoms with Crippen molar-refractivity contribution in [1.82, 2.24) is 0 Å². The van der Waals surface area contributed by atoms with Gasteiger partial charge >= 0.3 is 18.3 Å². The van der Waals surface area contributed by atoms with Crippen LogP contribution in [0, 0.1) is 23.2 Å². The lowest BCUT2D eigenvalue weighted by molar-refractivity contribution is -0.394. The summed E-state index contributed by atoms with van der Waals surface area (Å²) in [6.07, 6.45) is -10.9. The molecule has 174 valence electrons. The van der Waals surface area contributed by atoms with Gasteiger partial charge in [-0.3, -0.25) is 4.79 Å². The second-order valence-electron chi connectivity index (χ2n) is 9.83. The Balaban J connectivity index is 1.98. The molecule has 0 aromatic heterocycles. The Kier molecular flexibility index (Phi) is 6.22. The minimum absolute atomic E-state index is 0.160. The molecule has 0 aliphatic heterocycles. The number of aliphatic hydroxyl groups is 1. The minimum Gasteiger partial charge on any atom is -0.458 e. The lowest BCUT2D eigenvalue weighted by Gasteiger charge is -2.58. The van der Waals surface area contributed by atoms with Gasteiger partial charge in [0, 0.05) is 0 Å². The highest BCUT2D eigenvalue weighted by Crippen LogP contribution is 2.63. The van der Waals surface area contributed by atoms with E-state index in [1.54, 1.807) is 29.5 Å². The normalized spacial score (nSPS) is 34.5. The Labute approximate surface area is 185 Å². The zero-order chi connectivity index (χ0) is 22.8. The van der Waals surface area contributed by atoms with Gasteiger partial charge in [-0.05, 0) is 81.5 Å². The van der Waals surface area contributed by atoms with Crippen LogP contribution in [-0.2, 0) is 9.53 Å². The second kappa shape index (κ2) is 7.66. The summed E-state index contributed by atoms with van der Waals surface area (Å²) in [5, 5.41) is 10.1. The van der Waals surface area contributed by atoms with Crippen molar-refractivity contribution in [1.29, 1.82) is 0 Å². The van der Waals surface area contributed by atoms with Crippen molar-refractivity contribution >= 4 is 28.6 Å². The molecule has 10 heteroatoms. The number of hydrogen-bond acceptors (Lipinski definition) is 3. The third kappa shape index (κ3) is 4.20. The van der Waals surface area contributed by atoms with Gasteiger partial charge in [-0.1, -0.05) is 29.5 Å². The van der Waals surface area contributed by atoms with E-state index in [9.17, 15) is 36.2 Å². The van der Waals surface area contributed by atoms with E-state index < -0.39 is 45.3 Å². The number of halogens is 7. The molecule has 2 atom stereocenters. The van der Waals surface area contributed by atoms with Crippen LogP contribution in [0.15, 0.2) is 0 Å². The average molecular weight is 556 g/mol. The van der Waals surface area contributed by atoms with E-state index >= 15 is 0 Å². The van der Waals surface area contributed by atoms with Gasteiger partial charge in [-0.2, -0.15) is 26.3 Å². The molecule has 0 saturated heterocycles. The van der Waals surface area contributed by atoms with E-state index in [0.29, 0.717) is 19.3 Å². The number of alkyl halides is 7. The number of carbonyl (C=O) groups is 1. The van der Waals surface area contributed by atoms with E-state index in [1.807, 2.05) is 0 Å². The highest BCUT2D eigenvalue weighted by Gasteiger charge is 2.76. The average Bonchev–Trinajstić information content (AvgIpc) is 2.56. The van der Waals surface area contributed by atoms with Crippen LogP contribution >= 0.6 is 22.6 Å². The van der Waals surface area contributed by atoms with Gasteiger partial charge < -0.3 is 9.84 Å². The van der Waals surface area contributed by atoms with E-state index in [0.717, 1.165) is 19.3 Å². The van der Waals surface area contributed by atoms with Crippen molar-refractivity contribution in [2.24, 2.45) is 23.2 Å². The fourth-order valence-corrected chi connectivity index (χ4v) is 6.26. The highest BCUT2D eigenvalue weighted by molar-refractivity contribution is 14.1. The van der Waals surface area contributed by atoms with Gasteiger partial charge in [0.15, 0.2) is 0 Å². The fraction of sp³-hybridized carbons (Fsp3) is 0.950.